The van der Waals surface area contributed by atoms with E-state index in [-0.39, 0.29) is 30.1 Å². The molecule has 4 aliphatic carbocycles. The highest BCUT2D eigenvalue weighted by Crippen LogP contribution is 2.51. The summed E-state index contributed by atoms with van der Waals surface area (Å²) in [4.78, 5) is 38.6. The van der Waals surface area contributed by atoms with E-state index in [0.29, 0.717) is 17.9 Å². The molecule has 0 saturated heterocycles. The molecule has 35 heavy (non-hydrogen) atoms. The molecule has 1 fully saturated rings. The maximum atomic E-state index is 13.8. The van der Waals surface area contributed by atoms with Crippen molar-refractivity contribution in [3.05, 3.63) is 57.1 Å². The Kier molecular flexibility index (Phi) is 5.86. The van der Waals surface area contributed by atoms with Gasteiger partial charge in [0.15, 0.2) is 11.4 Å². The third kappa shape index (κ3) is 3.63. The highest BCUT2D eigenvalue weighted by atomic mass is 16.3. The van der Waals surface area contributed by atoms with Gasteiger partial charge in [0.1, 0.15) is 17.1 Å². The van der Waals surface area contributed by atoms with Crippen molar-refractivity contribution in [3.63, 3.8) is 0 Å². The Bertz CT molecular complexity index is 1190. The Morgan fingerprint density at radius 1 is 1.11 bits per heavy atom. The van der Waals surface area contributed by atoms with Crippen molar-refractivity contribution in [2.45, 2.75) is 76.7 Å². The van der Waals surface area contributed by atoms with Crippen molar-refractivity contribution in [1.29, 1.82) is 0 Å². The summed E-state index contributed by atoms with van der Waals surface area (Å²) in [6.07, 6.45) is 8.98. The van der Waals surface area contributed by atoms with Gasteiger partial charge in [0, 0.05) is 23.5 Å². The number of carbonyl (C=O) groups excluding carboxylic acids is 3. The van der Waals surface area contributed by atoms with Crippen LogP contribution in [0.2, 0.25) is 0 Å². The van der Waals surface area contributed by atoms with Crippen molar-refractivity contribution in [3.8, 4) is 0 Å². The second-order valence-corrected chi connectivity index (χ2v) is 10.8. The molecule has 5 N–H and O–H groups in total. The molecule has 3 atom stereocenters. The van der Waals surface area contributed by atoms with E-state index in [1.165, 1.54) is 32.1 Å². The summed E-state index contributed by atoms with van der Waals surface area (Å²) >= 11 is 0. The van der Waals surface area contributed by atoms with Gasteiger partial charge in [-0.1, -0.05) is 44.2 Å². The van der Waals surface area contributed by atoms with Crippen molar-refractivity contribution < 1.29 is 29.7 Å². The van der Waals surface area contributed by atoms with Crippen LogP contribution in [0.25, 0.3) is 0 Å². The number of fused-ring (bicyclic) bond motifs is 3. The second-order valence-electron chi connectivity index (χ2n) is 10.8. The minimum atomic E-state index is -2.44. The average Bonchev–Trinajstić information content (AvgIpc) is 2.81. The van der Waals surface area contributed by atoms with E-state index in [1.807, 2.05) is 13.0 Å². The number of benzene rings is 1. The lowest BCUT2D eigenvalue weighted by molar-refractivity contribution is -0.144. The van der Waals surface area contributed by atoms with Gasteiger partial charge in [0.05, 0.1) is 0 Å². The summed E-state index contributed by atoms with van der Waals surface area (Å²) in [7, 11) is 0. The van der Waals surface area contributed by atoms with Gasteiger partial charge < -0.3 is 21.1 Å². The molecule has 0 aliphatic heterocycles. The zero-order valence-corrected chi connectivity index (χ0v) is 20.1. The molecule has 0 heterocycles. The smallest absolute Gasteiger partial charge is 0.255 e. The topological polar surface area (TPSA) is 138 Å². The summed E-state index contributed by atoms with van der Waals surface area (Å²) in [6, 6.07) is 4.04. The number of ketones is 2. The molecule has 186 valence electrons. The minimum Gasteiger partial charge on any atom is -0.511 e. The van der Waals surface area contributed by atoms with Crippen molar-refractivity contribution in [1.82, 2.24) is 0 Å². The zero-order valence-electron chi connectivity index (χ0n) is 20.1. The summed E-state index contributed by atoms with van der Waals surface area (Å²) < 4.78 is 0. The number of hydrogen-bond donors (Lipinski definition) is 4. The third-order valence-electron chi connectivity index (χ3n) is 8.82. The molecule has 1 amide bonds. The summed E-state index contributed by atoms with van der Waals surface area (Å²) in [5.41, 5.74) is 5.65. The number of rotatable bonds is 4. The number of aliphatic hydroxyl groups is 3. The first kappa shape index (κ1) is 23.8. The van der Waals surface area contributed by atoms with E-state index >= 15 is 0 Å². The van der Waals surface area contributed by atoms with Crippen LogP contribution < -0.4 is 5.73 Å². The lowest BCUT2D eigenvalue weighted by Gasteiger charge is -2.45. The highest BCUT2D eigenvalue weighted by Gasteiger charge is 2.59. The number of hydrogen-bond acceptors (Lipinski definition) is 6. The first-order valence-electron chi connectivity index (χ1n) is 12.7. The van der Waals surface area contributed by atoms with E-state index in [4.69, 9.17) is 5.73 Å². The Hall–Kier alpha value is -2.93. The quantitative estimate of drug-likeness (QED) is 0.486. The number of aliphatic hydroxyl groups excluding tert-OH is 2. The minimum absolute atomic E-state index is 0.0438. The molecule has 0 bridgehead atoms. The fraction of sp³-hybridized carbons (Fsp3) is 0.536. The average molecular weight is 480 g/mol. The van der Waals surface area contributed by atoms with Gasteiger partial charge in [-0.15, -0.1) is 0 Å². The number of carbonyl (C=O) groups is 3. The number of primary amides is 1. The van der Waals surface area contributed by atoms with E-state index < -0.39 is 40.3 Å². The van der Waals surface area contributed by atoms with Crippen LogP contribution >= 0.6 is 0 Å². The van der Waals surface area contributed by atoms with Gasteiger partial charge >= 0.3 is 0 Å². The molecule has 1 aromatic rings. The van der Waals surface area contributed by atoms with Crippen LogP contribution in [0.5, 0.6) is 0 Å². The highest BCUT2D eigenvalue weighted by molar-refractivity contribution is 6.24. The molecule has 1 saturated carbocycles. The van der Waals surface area contributed by atoms with Crippen molar-refractivity contribution >= 4 is 17.5 Å². The van der Waals surface area contributed by atoms with Gasteiger partial charge in [-0.25, -0.2) is 0 Å². The van der Waals surface area contributed by atoms with Crippen molar-refractivity contribution in [2.75, 3.05) is 0 Å². The van der Waals surface area contributed by atoms with Crippen LogP contribution in [0.4, 0.5) is 0 Å². The maximum absolute atomic E-state index is 13.8. The standard InChI is InChI=1S/C28H33NO6/c1-14-7-9-16(10-8-15-5-3-2-4-6-15)19-12-17-11-18-13-20(30)23(27(29)34)26(33)28(18,35)25(32)22(17)24(31)21(14)19/h7,9,15,17-18,30,32,35H,2-6,8,10-13H2,1H3,(H2,29,34)/t17-,18+,28+/m1/s1. The first-order chi connectivity index (χ1) is 16.6. The third-order valence-corrected chi connectivity index (χ3v) is 8.82. The van der Waals surface area contributed by atoms with E-state index in [0.717, 1.165) is 29.5 Å². The van der Waals surface area contributed by atoms with Gasteiger partial charge in [-0.05, 0) is 61.1 Å². The van der Waals surface area contributed by atoms with Crippen LogP contribution in [0, 0.1) is 24.7 Å². The molecule has 0 aromatic heterocycles. The van der Waals surface area contributed by atoms with Crippen LogP contribution in [0.1, 0.15) is 78.4 Å². The van der Waals surface area contributed by atoms with Crippen LogP contribution in [-0.4, -0.2) is 38.4 Å². The zero-order chi connectivity index (χ0) is 25.1. The summed E-state index contributed by atoms with van der Waals surface area (Å²) in [5.74, 6) is -4.37. The first-order valence-corrected chi connectivity index (χ1v) is 12.7. The number of nitrogens with two attached hydrogens (primary N) is 1. The van der Waals surface area contributed by atoms with Crippen molar-refractivity contribution in [2.24, 2.45) is 23.5 Å². The Morgan fingerprint density at radius 3 is 2.51 bits per heavy atom. The Balaban J connectivity index is 1.53. The maximum Gasteiger partial charge on any atom is 0.255 e. The summed E-state index contributed by atoms with van der Waals surface area (Å²) in [5, 5.41) is 32.8. The lowest BCUT2D eigenvalue weighted by atomic mass is 9.60. The molecule has 5 rings (SSSR count). The van der Waals surface area contributed by atoms with Crippen LogP contribution in [0.15, 0.2) is 34.8 Å². The number of Topliss-reactive ketones (excluding diaryl/α,β-unsaturated/α-hetero) is 2. The summed E-state index contributed by atoms with van der Waals surface area (Å²) in [6.45, 7) is 1.86. The van der Waals surface area contributed by atoms with Gasteiger partial charge in [-0.3, -0.25) is 14.4 Å². The number of amides is 1. The van der Waals surface area contributed by atoms with Crippen LogP contribution in [0.3, 0.4) is 0 Å². The molecule has 0 radical (unpaired) electrons. The number of aryl methyl sites for hydroxylation is 2. The largest absolute Gasteiger partial charge is 0.511 e. The second kappa shape index (κ2) is 8.63. The van der Waals surface area contributed by atoms with Crippen LogP contribution in [-0.2, 0) is 22.4 Å². The molecule has 7 nitrogen and oxygen atoms in total. The predicted molar refractivity (Wildman–Crippen MR) is 129 cm³/mol. The Labute approximate surface area is 204 Å². The fourth-order valence-corrected chi connectivity index (χ4v) is 6.95. The molecule has 7 heteroatoms. The van der Waals surface area contributed by atoms with Gasteiger partial charge in [0.2, 0.25) is 5.78 Å². The Morgan fingerprint density at radius 2 is 1.83 bits per heavy atom. The van der Waals surface area contributed by atoms with Gasteiger partial charge in [0.25, 0.3) is 5.91 Å². The van der Waals surface area contributed by atoms with E-state index in [9.17, 15) is 29.7 Å². The lowest BCUT2D eigenvalue weighted by Crippen LogP contribution is -2.57. The molecular weight excluding hydrogens is 446 g/mol. The predicted octanol–water partition coefficient (Wildman–Crippen LogP) is 3.70. The van der Waals surface area contributed by atoms with Gasteiger partial charge in [-0.2, -0.15) is 0 Å². The SMILES string of the molecule is Cc1ccc(CCC2CCCCC2)c2c1C(=O)C1=C(O)[C@]3(O)C(=O)C(C(N)=O)=C(O)C[C@@H]3C[C@@H]1C2. The molecule has 4 aliphatic rings. The monoisotopic (exact) mass is 479 g/mol. The normalized spacial score (nSPS) is 29.1. The fourth-order valence-electron chi connectivity index (χ4n) is 6.95. The molecule has 0 unspecified atom stereocenters. The molecule has 1 aromatic carbocycles. The number of allylic oxidation sites excluding steroid dienone is 2. The van der Waals surface area contributed by atoms with E-state index in [1.54, 1.807) is 0 Å². The van der Waals surface area contributed by atoms with E-state index in [2.05, 4.69) is 6.07 Å². The molecular formula is C28H33NO6. The molecule has 0 spiro atoms.